The zero-order chi connectivity index (χ0) is 15.1. The fourth-order valence-electron chi connectivity index (χ4n) is 2.00. The second kappa shape index (κ2) is 7.59. The average Bonchev–Trinajstić information content (AvgIpc) is 2.92. The van der Waals surface area contributed by atoms with Gasteiger partial charge in [-0.05, 0) is 12.1 Å². The Morgan fingerprint density at radius 1 is 1.33 bits per heavy atom. The van der Waals surface area contributed by atoms with Crippen LogP contribution in [0.2, 0.25) is 0 Å². The second-order valence-electron chi connectivity index (χ2n) is 5.11. The van der Waals surface area contributed by atoms with Crippen LogP contribution in [0.1, 0.15) is 19.4 Å². The van der Waals surface area contributed by atoms with Crippen molar-refractivity contribution >= 4 is 11.6 Å². The third-order valence-electron chi connectivity index (χ3n) is 3.24. The maximum atomic E-state index is 12.0. The van der Waals surface area contributed by atoms with Gasteiger partial charge in [0, 0.05) is 18.7 Å². The molecule has 1 atom stereocenters. The van der Waals surface area contributed by atoms with Crippen molar-refractivity contribution in [3.63, 3.8) is 0 Å². The van der Waals surface area contributed by atoms with Crippen LogP contribution in [-0.4, -0.2) is 28.8 Å². The lowest BCUT2D eigenvalue weighted by Gasteiger charge is -2.11. The van der Waals surface area contributed by atoms with E-state index in [0.717, 1.165) is 12.2 Å². The Morgan fingerprint density at radius 3 is 2.81 bits per heavy atom. The maximum absolute atomic E-state index is 12.0. The fraction of sp³-hybridized carbons (Fsp3) is 0.375. The molecule has 1 unspecified atom stereocenters. The fourth-order valence-corrected chi connectivity index (χ4v) is 2.00. The van der Waals surface area contributed by atoms with Crippen LogP contribution in [-0.2, 0) is 11.3 Å². The number of carbonyl (C=O) groups is 1. The number of aromatic nitrogens is 2. The predicted molar refractivity (Wildman–Crippen MR) is 84.1 cm³/mol. The zero-order valence-corrected chi connectivity index (χ0v) is 12.5. The number of hydrogen-bond acceptors (Lipinski definition) is 3. The molecular formula is C16H22N4O. The number of rotatable bonds is 7. The lowest BCUT2D eigenvalue weighted by atomic mass is 10.1. The Kier molecular flexibility index (Phi) is 5.51. The molecule has 0 aliphatic heterocycles. The van der Waals surface area contributed by atoms with Crippen molar-refractivity contribution in [2.75, 3.05) is 18.4 Å². The molecule has 0 radical (unpaired) electrons. The van der Waals surface area contributed by atoms with E-state index >= 15 is 0 Å². The van der Waals surface area contributed by atoms with Crippen molar-refractivity contribution < 1.29 is 4.79 Å². The molecule has 2 aromatic rings. The second-order valence-corrected chi connectivity index (χ2v) is 5.11. The first kappa shape index (κ1) is 15.3. The van der Waals surface area contributed by atoms with Gasteiger partial charge in [-0.2, -0.15) is 5.10 Å². The number of carbonyl (C=O) groups excluding carboxylic acids is 1. The number of nitrogens with zero attached hydrogens (tertiary/aromatic N) is 2. The maximum Gasteiger partial charge on any atom is 0.228 e. The molecule has 1 aromatic carbocycles. The van der Waals surface area contributed by atoms with E-state index in [0.29, 0.717) is 13.1 Å². The van der Waals surface area contributed by atoms with Gasteiger partial charge in [0.2, 0.25) is 5.91 Å². The Bertz CT molecular complexity index is 565. The van der Waals surface area contributed by atoms with E-state index in [4.69, 9.17) is 0 Å². The molecule has 0 saturated heterocycles. The van der Waals surface area contributed by atoms with Gasteiger partial charge in [-0.1, -0.05) is 44.2 Å². The van der Waals surface area contributed by atoms with E-state index in [2.05, 4.69) is 27.9 Å². The highest BCUT2D eigenvalue weighted by molar-refractivity contribution is 5.92. The molecule has 5 nitrogen and oxygen atoms in total. The highest BCUT2D eigenvalue weighted by atomic mass is 16.1. The summed E-state index contributed by atoms with van der Waals surface area (Å²) in [6.45, 7) is 6.18. The zero-order valence-electron chi connectivity index (χ0n) is 12.5. The van der Waals surface area contributed by atoms with E-state index in [9.17, 15) is 4.79 Å². The molecular weight excluding hydrogens is 264 g/mol. The standard InChI is InChI=1S/C16H22N4O/c1-3-17-9-13(2)16(21)19-15-10-18-20(12-15)11-14-7-5-4-6-8-14/h4-8,10,12-13,17H,3,9,11H2,1-2H3,(H,19,21). The summed E-state index contributed by atoms with van der Waals surface area (Å²) in [5, 5.41) is 10.3. The third-order valence-corrected chi connectivity index (χ3v) is 3.24. The van der Waals surface area contributed by atoms with Crippen molar-refractivity contribution in [1.82, 2.24) is 15.1 Å². The monoisotopic (exact) mass is 286 g/mol. The summed E-state index contributed by atoms with van der Waals surface area (Å²) in [7, 11) is 0. The largest absolute Gasteiger partial charge is 0.323 e. The van der Waals surface area contributed by atoms with Crippen molar-refractivity contribution in [3.05, 3.63) is 48.3 Å². The number of benzene rings is 1. The smallest absolute Gasteiger partial charge is 0.228 e. The van der Waals surface area contributed by atoms with Gasteiger partial charge in [0.25, 0.3) is 0 Å². The summed E-state index contributed by atoms with van der Waals surface area (Å²) in [5.74, 6) is -0.0577. The molecule has 112 valence electrons. The van der Waals surface area contributed by atoms with Gasteiger partial charge >= 0.3 is 0 Å². The summed E-state index contributed by atoms with van der Waals surface area (Å²) in [6, 6.07) is 10.1. The quantitative estimate of drug-likeness (QED) is 0.819. The Balaban J connectivity index is 1.89. The van der Waals surface area contributed by atoms with E-state index < -0.39 is 0 Å². The number of amides is 1. The molecule has 1 heterocycles. The highest BCUT2D eigenvalue weighted by Crippen LogP contribution is 2.09. The molecule has 1 aromatic heterocycles. The van der Waals surface area contributed by atoms with Gasteiger partial charge in [0.15, 0.2) is 0 Å². The van der Waals surface area contributed by atoms with E-state index in [1.807, 2.05) is 42.9 Å². The van der Waals surface area contributed by atoms with Crippen LogP contribution in [0.15, 0.2) is 42.7 Å². The molecule has 0 fully saturated rings. The normalized spacial score (nSPS) is 12.1. The molecule has 1 amide bonds. The summed E-state index contributed by atoms with van der Waals surface area (Å²) >= 11 is 0. The van der Waals surface area contributed by atoms with Crippen LogP contribution in [0.4, 0.5) is 5.69 Å². The lowest BCUT2D eigenvalue weighted by molar-refractivity contribution is -0.119. The number of nitrogens with one attached hydrogen (secondary N) is 2. The van der Waals surface area contributed by atoms with Crippen LogP contribution in [0.5, 0.6) is 0 Å². The molecule has 0 spiro atoms. The van der Waals surface area contributed by atoms with Gasteiger partial charge < -0.3 is 10.6 Å². The molecule has 2 rings (SSSR count). The third kappa shape index (κ3) is 4.72. The van der Waals surface area contributed by atoms with Crippen LogP contribution >= 0.6 is 0 Å². The summed E-state index contributed by atoms with van der Waals surface area (Å²) in [5.41, 5.74) is 1.92. The Morgan fingerprint density at radius 2 is 2.10 bits per heavy atom. The number of anilines is 1. The van der Waals surface area contributed by atoms with Gasteiger partial charge in [-0.15, -0.1) is 0 Å². The minimum atomic E-state index is -0.0672. The Labute approximate surface area is 125 Å². The summed E-state index contributed by atoms with van der Waals surface area (Å²) in [6.07, 6.45) is 3.53. The van der Waals surface area contributed by atoms with Crippen LogP contribution in [0, 0.1) is 5.92 Å². The molecule has 2 N–H and O–H groups in total. The highest BCUT2D eigenvalue weighted by Gasteiger charge is 2.13. The minimum Gasteiger partial charge on any atom is -0.323 e. The van der Waals surface area contributed by atoms with Crippen LogP contribution < -0.4 is 10.6 Å². The van der Waals surface area contributed by atoms with Crippen molar-refractivity contribution in [2.45, 2.75) is 20.4 Å². The minimum absolute atomic E-state index is 0.00945. The first-order chi connectivity index (χ1) is 10.2. The van der Waals surface area contributed by atoms with Crippen LogP contribution in [0.25, 0.3) is 0 Å². The van der Waals surface area contributed by atoms with E-state index in [1.54, 1.807) is 6.20 Å². The first-order valence-corrected chi connectivity index (χ1v) is 7.27. The SMILES string of the molecule is CCNCC(C)C(=O)Nc1cnn(Cc2ccccc2)c1. The van der Waals surface area contributed by atoms with E-state index in [-0.39, 0.29) is 11.8 Å². The molecule has 5 heteroatoms. The Hall–Kier alpha value is -2.14. The summed E-state index contributed by atoms with van der Waals surface area (Å²) in [4.78, 5) is 12.0. The topological polar surface area (TPSA) is 59.0 Å². The van der Waals surface area contributed by atoms with Gasteiger partial charge in [0.1, 0.15) is 0 Å². The summed E-state index contributed by atoms with van der Waals surface area (Å²) < 4.78 is 1.82. The molecule has 21 heavy (non-hydrogen) atoms. The van der Waals surface area contributed by atoms with Gasteiger partial charge in [0.05, 0.1) is 18.4 Å². The van der Waals surface area contributed by atoms with Crippen molar-refractivity contribution in [2.24, 2.45) is 5.92 Å². The average molecular weight is 286 g/mol. The van der Waals surface area contributed by atoms with Crippen molar-refractivity contribution in [3.8, 4) is 0 Å². The van der Waals surface area contributed by atoms with Gasteiger partial charge in [-0.3, -0.25) is 9.48 Å². The van der Waals surface area contributed by atoms with Crippen LogP contribution in [0.3, 0.4) is 0 Å². The first-order valence-electron chi connectivity index (χ1n) is 7.27. The lowest BCUT2D eigenvalue weighted by Crippen LogP contribution is -2.30. The van der Waals surface area contributed by atoms with E-state index in [1.165, 1.54) is 5.56 Å². The molecule has 0 bridgehead atoms. The van der Waals surface area contributed by atoms with Crippen molar-refractivity contribution in [1.29, 1.82) is 0 Å². The van der Waals surface area contributed by atoms with Gasteiger partial charge in [-0.25, -0.2) is 0 Å². The number of hydrogen-bond donors (Lipinski definition) is 2. The molecule has 0 aliphatic rings. The predicted octanol–water partition coefficient (Wildman–Crippen LogP) is 2.12. The molecule has 0 saturated carbocycles. The molecule has 0 aliphatic carbocycles.